The Morgan fingerprint density at radius 1 is 1.09 bits per heavy atom. The predicted molar refractivity (Wildman–Crippen MR) is 89.2 cm³/mol. The van der Waals surface area contributed by atoms with Crippen molar-refractivity contribution in [1.29, 1.82) is 0 Å². The lowest BCUT2D eigenvalue weighted by Gasteiger charge is -2.09. The summed E-state index contributed by atoms with van der Waals surface area (Å²) in [5.74, 6) is -1.94. The fourth-order valence-corrected chi connectivity index (χ4v) is 1.71. The van der Waals surface area contributed by atoms with Crippen molar-refractivity contribution in [3.63, 3.8) is 0 Å². The molecule has 2 aromatic rings. The topological polar surface area (TPSA) is 127 Å². The van der Waals surface area contributed by atoms with Gasteiger partial charge in [0.25, 0.3) is 0 Å². The van der Waals surface area contributed by atoms with Crippen LogP contribution in [0.5, 0.6) is 0 Å². The van der Waals surface area contributed by atoms with Gasteiger partial charge in [-0.05, 0) is 36.6 Å². The molecule has 0 aliphatic carbocycles. The van der Waals surface area contributed by atoms with E-state index in [1.807, 2.05) is 42.5 Å². The highest BCUT2D eigenvalue weighted by molar-refractivity contribution is 5.83. The van der Waals surface area contributed by atoms with Gasteiger partial charge in [0.1, 0.15) is 11.6 Å². The van der Waals surface area contributed by atoms with Crippen molar-refractivity contribution < 1.29 is 19.8 Å². The Morgan fingerprint density at radius 3 is 2.09 bits per heavy atom. The van der Waals surface area contributed by atoms with E-state index in [9.17, 15) is 9.59 Å². The number of carboxylic acid groups (broad SMARTS) is 2. The highest BCUT2D eigenvalue weighted by atomic mass is 16.4. The number of benzene rings is 2. The van der Waals surface area contributed by atoms with Crippen molar-refractivity contribution in [1.82, 2.24) is 0 Å². The quantitative estimate of drug-likeness (QED) is 0.678. The summed E-state index contributed by atoms with van der Waals surface area (Å²) in [5.41, 5.74) is 10.4. The average Bonchev–Trinajstić information content (AvgIpc) is 2.46. The molecule has 0 aliphatic rings. The van der Waals surface area contributed by atoms with Crippen LogP contribution in [-0.4, -0.2) is 33.7 Å². The maximum Gasteiger partial charge on any atom is 0.323 e. The molecule has 0 heterocycles. The van der Waals surface area contributed by atoms with Gasteiger partial charge >= 0.3 is 11.9 Å². The zero-order chi connectivity index (χ0) is 17.6. The monoisotopic (exact) mass is 318 g/mol. The van der Waals surface area contributed by atoms with Crippen molar-refractivity contribution in [2.75, 3.05) is 0 Å². The molecule has 0 amide bonds. The van der Waals surface area contributed by atoms with E-state index in [2.05, 4.69) is 0 Å². The second-order valence-electron chi connectivity index (χ2n) is 5.86. The SMILES string of the molecule is CC(C)(N)C(=O)O.N[C@@H](Cc1ccc2ccccc2c1)C(=O)O. The van der Waals surface area contributed by atoms with Crippen LogP contribution in [0.4, 0.5) is 0 Å². The Balaban J connectivity index is 0.000000322. The van der Waals surface area contributed by atoms with Gasteiger partial charge in [0.2, 0.25) is 0 Å². The second-order valence-corrected chi connectivity index (χ2v) is 5.86. The first-order valence-electron chi connectivity index (χ1n) is 7.09. The number of nitrogens with two attached hydrogens (primary N) is 2. The third kappa shape index (κ3) is 6.06. The molecule has 2 rings (SSSR count). The molecule has 0 bridgehead atoms. The lowest BCUT2D eigenvalue weighted by atomic mass is 10.0. The molecule has 124 valence electrons. The van der Waals surface area contributed by atoms with E-state index in [1.54, 1.807) is 0 Å². The number of rotatable bonds is 4. The van der Waals surface area contributed by atoms with E-state index >= 15 is 0 Å². The van der Waals surface area contributed by atoms with Crippen molar-refractivity contribution >= 4 is 22.7 Å². The Kier molecular flexibility index (Phi) is 6.24. The highest BCUT2D eigenvalue weighted by Crippen LogP contribution is 2.16. The van der Waals surface area contributed by atoms with Crippen LogP contribution in [0.15, 0.2) is 42.5 Å². The molecule has 6 nitrogen and oxygen atoms in total. The number of hydrogen-bond donors (Lipinski definition) is 4. The van der Waals surface area contributed by atoms with E-state index in [0.717, 1.165) is 16.3 Å². The van der Waals surface area contributed by atoms with Gasteiger partial charge in [-0.2, -0.15) is 0 Å². The Hall–Kier alpha value is -2.44. The number of hydrogen-bond acceptors (Lipinski definition) is 4. The highest BCUT2D eigenvalue weighted by Gasteiger charge is 2.19. The van der Waals surface area contributed by atoms with E-state index in [4.69, 9.17) is 21.7 Å². The number of carboxylic acids is 2. The summed E-state index contributed by atoms with van der Waals surface area (Å²) >= 11 is 0. The predicted octanol–water partition coefficient (Wildman–Crippen LogP) is 1.60. The molecule has 0 spiro atoms. The summed E-state index contributed by atoms with van der Waals surface area (Å²) in [6.45, 7) is 2.88. The molecule has 0 fully saturated rings. The molecule has 6 heteroatoms. The van der Waals surface area contributed by atoms with Crippen LogP contribution in [0, 0.1) is 0 Å². The van der Waals surface area contributed by atoms with Gasteiger partial charge in [-0.3, -0.25) is 9.59 Å². The zero-order valence-corrected chi connectivity index (χ0v) is 13.2. The summed E-state index contributed by atoms with van der Waals surface area (Å²) in [7, 11) is 0. The largest absolute Gasteiger partial charge is 0.480 e. The van der Waals surface area contributed by atoms with Crippen LogP contribution in [0.1, 0.15) is 19.4 Å². The summed E-state index contributed by atoms with van der Waals surface area (Å²) in [6, 6.07) is 13.0. The molecule has 0 saturated heterocycles. The minimum absolute atomic E-state index is 0.361. The van der Waals surface area contributed by atoms with Gasteiger partial charge in [-0.25, -0.2) is 0 Å². The average molecular weight is 318 g/mol. The Morgan fingerprint density at radius 2 is 1.61 bits per heavy atom. The number of fused-ring (bicyclic) bond motifs is 1. The van der Waals surface area contributed by atoms with E-state index < -0.39 is 23.5 Å². The van der Waals surface area contributed by atoms with Gasteiger partial charge in [-0.15, -0.1) is 0 Å². The third-order valence-electron chi connectivity index (χ3n) is 3.14. The van der Waals surface area contributed by atoms with Crippen LogP contribution in [0.3, 0.4) is 0 Å². The molecule has 0 unspecified atom stereocenters. The summed E-state index contributed by atoms with van der Waals surface area (Å²) in [4.78, 5) is 20.5. The van der Waals surface area contributed by atoms with E-state index in [-0.39, 0.29) is 0 Å². The standard InChI is InChI=1S/C13H13NO2.C4H9NO2/c14-12(13(15)16)8-9-5-6-10-3-1-2-4-11(10)7-9;1-4(2,5)3(6)7/h1-7,12H,8,14H2,(H,15,16);5H2,1-2H3,(H,6,7)/t12-;/m0./s1. The van der Waals surface area contributed by atoms with Gasteiger partial charge in [-0.1, -0.05) is 42.5 Å². The minimum Gasteiger partial charge on any atom is -0.480 e. The van der Waals surface area contributed by atoms with Crippen molar-refractivity contribution in [3.05, 3.63) is 48.0 Å². The van der Waals surface area contributed by atoms with Gasteiger partial charge < -0.3 is 21.7 Å². The number of aliphatic carboxylic acids is 2. The molecule has 0 radical (unpaired) electrons. The Labute approximate surface area is 134 Å². The number of carbonyl (C=O) groups is 2. The second kappa shape index (κ2) is 7.71. The lowest BCUT2D eigenvalue weighted by Crippen LogP contribution is -2.41. The normalized spacial score (nSPS) is 12.2. The summed E-state index contributed by atoms with van der Waals surface area (Å²) in [5, 5.41) is 19.1. The molecule has 23 heavy (non-hydrogen) atoms. The van der Waals surface area contributed by atoms with Crippen LogP contribution >= 0.6 is 0 Å². The van der Waals surface area contributed by atoms with Gasteiger partial charge in [0.05, 0.1) is 0 Å². The zero-order valence-electron chi connectivity index (χ0n) is 13.2. The van der Waals surface area contributed by atoms with Crippen molar-refractivity contribution in [2.45, 2.75) is 31.8 Å². The first-order valence-corrected chi connectivity index (χ1v) is 7.09. The van der Waals surface area contributed by atoms with Crippen LogP contribution in [0.25, 0.3) is 10.8 Å². The van der Waals surface area contributed by atoms with Crippen molar-refractivity contribution in [3.8, 4) is 0 Å². The van der Waals surface area contributed by atoms with Crippen LogP contribution in [0.2, 0.25) is 0 Å². The third-order valence-corrected chi connectivity index (χ3v) is 3.14. The molecule has 2 aromatic carbocycles. The molecule has 0 aromatic heterocycles. The van der Waals surface area contributed by atoms with E-state index in [0.29, 0.717) is 6.42 Å². The van der Waals surface area contributed by atoms with Gasteiger partial charge in [0.15, 0.2) is 0 Å². The van der Waals surface area contributed by atoms with Crippen LogP contribution < -0.4 is 11.5 Å². The lowest BCUT2D eigenvalue weighted by molar-refractivity contribution is -0.142. The van der Waals surface area contributed by atoms with Crippen molar-refractivity contribution in [2.24, 2.45) is 11.5 Å². The van der Waals surface area contributed by atoms with Gasteiger partial charge in [0, 0.05) is 0 Å². The summed E-state index contributed by atoms with van der Waals surface area (Å²) in [6.07, 6.45) is 0.361. The van der Waals surface area contributed by atoms with E-state index in [1.165, 1.54) is 13.8 Å². The van der Waals surface area contributed by atoms with Crippen LogP contribution in [-0.2, 0) is 16.0 Å². The minimum atomic E-state index is -1.08. The molecular weight excluding hydrogens is 296 g/mol. The molecule has 6 N–H and O–H groups in total. The molecular formula is C17H22N2O4. The molecule has 0 aliphatic heterocycles. The molecule has 1 atom stereocenters. The fourth-order valence-electron chi connectivity index (χ4n) is 1.71. The molecule has 0 saturated carbocycles. The smallest absolute Gasteiger partial charge is 0.323 e. The first-order chi connectivity index (χ1) is 10.6. The first kappa shape index (κ1) is 18.6. The fraction of sp³-hybridized carbons (Fsp3) is 0.294. The Bertz CT molecular complexity index is 692. The maximum atomic E-state index is 10.6. The maximum absolute atomic E-state index is 10.6. The summed E-state index contributed by atoms with van der Waals surface area (Å²) < 4.78 is 0.